The van der Waals surface area contributed by atoms with Crippen molar-refractivity contribution in [3.63, 3.8) is 0 Å². The Morgan fingerprint density at radius 2 is 1.97 bits per heavy atom. The first-order valence-corrected chi connectivity index (χ1v) is 9.78. The zero-order valence-electron chi connectivity index (χ0n) is 15.9. The number of aromatic nitrogens is 3. The number of carbonyl (C=O) groups excluding carboxylic acids is 1. The van der Waals surface area contributed by atoms with Gasteiger partial charge in [0.25, 0.3) is 5.91 Å². The minimum Gasteiger partial charge on any atom is -0.445 e. The maximum atomic E-state index is 13.0. The van der Waals surface area contributed by atoms with E-state index in [0.29, 0.717) is 25.2 Å². The monoisotopic (exact) mass is 384 g/mol. The van der Waals surface area contributed by atoms with Gasteiger partial charge in [-0.25, -0.2) is 9.97 Å². The summed E-state index contributed by atoms with van der Waals surface area (Å²) in [4.78, 5) is 28.1. The van der Waals surface area contributed by atoms with Gasteiger partial charge in [0.15, 0.2) is 5.89 Å². The van der Waals surface area contributed by atoms with E-state index in [1.54, 1.807) is 17.2 Å². The third-order valence-electron chi connectivity index (χ3n) is 5.23. The van der Waals surface area contributed by atoms with Crippen LogP contribution >= 0.6 is 0 Å². The van der Waals surface area contributed by atoms with Crippen LogP contribution in [0.4, 0.5) is 0 Å². The highest BCUT2D eigenvalue weighted by Gasteiger charge is 2.26. The molecule has 0 N–H and O–H groups in total. The van der Waals surface area contributed by atoms with Gasteiger partial charge < -0.3 is 9.32 Å². The Morgan fingerprint density at radius 1 is 1.03 bits per heavy atom. The van der Waals surface area contributed by atoms with Crippen molar-refractivity contribution in [2.45, 2.75) is 25.8 Å². The molecule has 0 atom stereocenters. The number of para-hydroxylation sites is 1. The Morgan fingerprint density at radius 3 is 2.86 bits per heavy atom. The second-order valence-electron chi connectivity index (χ2n) is 7.20. The van der Waals surface area contributed by atoms with E-state index in [2.05, 4.69) is 15.0 Å². The number of rotatable bonds is 4. The number of amides is 1. The molecule has 0 spiro atoms. The second kappa shape index (κ2) is 7.47. The molecule has 6 heteroatoms. The molecule has 0 bridgehead atoms. The third kappa shape index (κ3) is 3.61. The van der Waals surface area contributed by atoms with Gasteiger partial charge in [0, 0.05) is 37.2 Å². The number of pyridine rings is 2. The van der Waals surface area contributed by atoms with Gasteiger partial charge in [-0.3, -0.25) is 9.78 Å². The fourth-order valence-corrected chi connectivity index (χ4v) is 3.68. The lowest BCUT2D eigenvalue weighted by Gasteiger charge is -2.25. The van der Waals surface area contributed by atoms with Crippen LogP contribution in [-0.2, 0) is 25.8 Å². The van der Waals surface area contributed by atoms with E-state index < -0.39 is 0 Å². The van der Waals surface area contributed by atoms with Crippen molar-refractivity contribution in [3.8, 4) is 0 Å². The fourth-order valence-electron chi connectivity index (χ4n) is 3.68. The van der Waals surface area contributed by atoms with Crippen LogP contribution < -0.4 is 0 Å². The zero-order valence-corrected chi connectivity index (χ0v) is 15.9. The molecule has 0 fully saturated rings. The van der Waals surface area contributed by atoms with Crippen molar-refractivity contribution >= 4 is 16.8 Å². The van der Waals surface area contributed by atoms with Gasteiger partial charge >= 0.3 is 0 Å². The number of carbonyl (C=O) groups is 1. The van der Waals surface area contributed by atoms with E-state index in [1.807, 2.05) is 48.7 Å². The van der Waals surface area contributed by atoms with Crippen molar-refractivity contribution < 1.29 is 9.21 Å². The van der Waals surface area contributed by atoms with Crippen LogP contribution in [-0.4, -0.2) is 32.3 Å². The van der Waals surface area contributed by atoms with Gasteiger partial charge in [-0.1, -0.05) is 30.3 Å². The molecule has 0 radical (unpaired) electrons. The molecule has 5 rings (SSSR count). The summed E-state index contributed by atoms with van der Waals surface area (Å²) >= 11 is 0. The van der Waals surface area contributed by atoms with Gasteiger partial charge in [-0.05, 0) is 30.2 Å². The quantitative estimate of drug-likeness (QED) is 0.538. The maximum absolute atomic E-state index is 13.0. The number of fused-ring (bicyclic) bond motifs is 2. The molecule has 0 saturated carbocycles. The first kappa shape index (κ1) is 17.6. The molecule has 0 unspecified atom stereocenters. The lowest BCUT2D eigenvalue weighted by molar-refractivity contribution is 0.0722. The molecule has 0 aliphatic carbocycles. The average molecular weight is 384 g/mol. The van der Waals surface area contributed by atoms with Crippen LogP contribution in [0.1, 0.15) is 33.4 Å². The van der Waals surface area contributed by atoms with E-state index in [-0.39, 0.29) is 5.91 Å². The highest BCUT2D eigenvalue weighted by molar-refractivity contribution is 5.95. The first-order chi connectivity index (χ1) is 14.3. The number of oxazole rings is 1. The molecule has 1 amide bonds. The number of hydrogen-bond donors (Lipinski definition) is 0. The van der Waals surface area contributed by atoms with Crippen LogP contribution in [0.2, 0.25) is 0 Å². The Labute approximate surface area is 168 Å². The summed E-state index contributed by atoms with van der Waals surface area (Å²) in [5.41, 5.74) is 3.30. The normalized spacial score (nSPS) is 13.4. The minimum atomic E-state index is -0.0682. The summed E-state index contributed by atoms with van der Waals surface area (Å²) in [6.45, 7) is 1.07. The highest BCUT2D eigenvalue weighted by Crippen LogP contribution is 2.22. The fraction of sp³-hybridized carbons (Fsp3) is 0.217. The topological polar surface area (TPSA) is 72.1 Å². The molecule has 0 saturated heterocycles. The predicted octanol–water partition coefficient (Wildman–Crippen LogP) is 3.60. The highest BCUT2D eigenvalue weighted by atomic mass is 16.4. The molecule has 144 valence electrons. The molecular formula is C23H20N4O2. The van der Waals surface area contributed by atoms with Gasteiger partial charge in [-0.15, -0.1) is 0 Å². The maximum Gasteiger partial charge on any atom is 0.272 e. The smallest absolute Gasteiger partial charge is 0.272 e. The van der Waals surface area contributed by atoms with Crippen molar-refractivity contribution in [1.82, 2.24) is 19.9 Å². The van der Waals surface area contributed by atoms with Crippen LogP contribution in [0, 0.1) is 0 Å². The van der Waals surface area contributed by atoms with E-state index >= 15 is 0 Å². The van der Waals surface area contributed by atoms with E-state index in [9.17, 15) is 4.79 Å². The van der Waals surface area contributed by atoms with Crippen molar-refractivity contribution in [3.05, 3.63) is 89.5 Å². The SMILES string of the molecule is O=C(c1ccc2ccccc2n1)N1CCc2oc(CCc3cccnc3)nc2C1. The molecule has 3 aromatic heterocycles. The van der Waals surface area contributed by atoms with Gasteiger partial charge in [0.2, 0.25) is 0 Å². The third-order valence-corrected chi connectivity index (χ3v) is 5.23. The largest absolute Gasteiger partial charge is 0.445 e. The molecule has 4 heterocycles. The minimum absolute atomic E-state index is 0.0682. The lowest BCUT2D eigenvalue weighted by Crippen LogP contribution is -2.36. The second-order valence-corrected chi connectivity index (χ2v) is 7.20. The molecule has 4 aromatic rings. The summed E-state index contributed by atoms with van der Waals surface area (Å²) < 4.78 is 5.93. The molecule has 1 aromatic carbocycles. The Hall–Kier alpha value is -3.54. The molecule has 1 aliphatic heterocycles. The molecule has 1 aliphatic rings. The van der Waals surface area contributed by atoms with E-state index in [0.717, 1.165) is 46.7 Å². The molecular weight excluding hydrogens is 364 g/mol. The van der Waals surface area contributed by atoms with E-state index in [1.165, 1.54) is 0 Å². The predicted molar refractivity (Wildman–Crippen MR) is 108 cm³/mol. The summed E-state index contributed by atoms with van der Waals surface area (Å²) in [5.74, 6) is 1.54. The molecule has 29 heavy (non-hydrogen) atoms. The van der Waals surface area contributed by atoms with Crippen LogP contribution in [0.25, 0.3) is 10.9 Å². The summed E-state index contributed by atoms with van der Waals surface area (Å²) in [6.07, 6.45) is 5.85. The van der Waals surface area contributed by atoms with Crippen molar-refractivity contribution in [2.24, 2.45) is 0 Å². The number of nitrogens with zero attached hydrogens (tertiary/aromatic N) is 4. The van der Waals surface area contributed by atoms with Crippen LogP contribution in [0.15, 0.2) is 65.3 Å². The number of benzene rings is 1. The Bertz CT molecular complexity index is 1170. The first-order valence-electron chi connectivity index (χ1n) is 9.78. The van der Waals surface area contributed by atoms with E-state index in [4.69, 9.17) is 4.42 Å². The Kier molecular flexibility index (Phi) is 4.52. The van der Waals surface area contributed by atoms with Crippen molar-refractivity contribution in [2.75, 3.05) is 6.54 Å². The summed E-state index contributed by atoms with van der Waals surface area (Å²) in [7, 11) is 0. The average Bonchev–Trinajstić information content (AvgIpc) is 3.20. The van der Waals surface area contributed by atoms with Crippen molar-refractivity contribution in [1.29, 1.82) is 0 Å². The Balaban J connectivity index is 1.30. The van der Waals surface area contributed by atoms with Crippen LogP contribution in [0.3, 0.4) is 0 Å². The van der Waals surface area contributed by atoms with Gasteiger partial charge in [-0.2, -0.15) is 0 Å². The lowest BCUT2D eigenvalue weighted by atomic mass is 10.1. The van der Waals surface area contributed by atoms with Gasteiger partial charge in [0.05, 0.1) is 12.1 Å². The summed E-state index contributed by atoms with van der Waals surface area (Å²) in [6, 6.07) is 15.5. The molecule has 6 nitrogen and oxygen atoms in total. The van der Waals surface area contributed by atoms with Crippen LogP contribution in [0.5, 0.6) is 0 Å². The van der Waals surface area contributed by atoms with Gasteiger partial charge in [0.1, 0.15) is 17.1 Å². The standard InChI is InChI=1S/C23H20N4O2/c28-23(19-9-8-17-5-1-2-6-18(17)25-19)27-13-11-21-20(15-27)26-22(29-21)10-7-16-4-3-12-24-14-16/h1-6,8-9,12,14H,7,10-11,13,15H2. The summed E-state index contributed by atoms with van der Waals surface area (Å²) in [5, 5.41) is 1.03. The zero-order chi connectivity index (χ0) is 19.6. The number of aryl methyl sites for hydroxylation is 2. The number of hydrogen-bond acceptors (Lipinski definition) is 5.